The van der Waals surface area contributed by atoms with Crippen molar-refractivity contribution in [2.24, 2.45) is 0 Å². The van der Waals surface area contributed by atoms with Gasteiger partial charge in [-0.3, -0.25) is 0 Å². The zero-order chi connectivity index (χ0) is 22.1. The number of aliphatic carboxylic acids is 1. The summed E-state index contributed by atoms with van der Waals surface area (Å²) in [6.45, 7) is 2.18. The number of carboxylic acid groups (broad SMARTS) is 1. The molecule has 4 nitrogen and oxygen atoms in total. The van der Waals surface area contributed by atoms with E-state index in [0.717, 1.165) is 27.3 Å². The minimum absolute atomic E-state index is 0.398. The molecule has 6 heteroatoms. The molecule has 0 saturated heterocycles. The smallest absolute Gasteiger partial charge is 0.341 e. The number of ether oxygens (including phenoxy) is 2. The van der Waals surface area contributed by atoms with Crippen LogP contribution in [0.25, 0.3) is 5.57 Å². The summed E-state index contributed by atoms with van der Waals surface area (Å²) in [7, 11) is 0. The molecule has 0 atom stereocenters. The van der Waals surface area contributed by atoms with Crippen molar-refractivity contribution in [2.75, 3.05) is 19.0 Å². The van der Waals surface area contributed by atoms with Crippen molar-refractivity contribution in [3.05, 3.63) is 95.0 Å². The molecule has 0 amide bonds. The van der Waals surface area contributed by atoms with Crippen molar-refractivity contribution in [3.63, 3.8) is 0 Å². The van der Waals surface area contributed by atoms with Crippen LogP contribution in [0.5, 0.6) is 11.5 Å². The molecule has 1 N–H and O–H groups in total. The van der Waals surface area contributed by atoms with Gasteiger partial charge in [-0.05, 0) is 42.3 Å². The van der Waals surface area contributed by atoms with E-state index < -0.39 is 12.6 Å². The largest absolute Gasteiger partial charge is 0.493 e. The van der Waals surface area contributed by atoms with Crippen LogP contribution in [0.15, 0.2) is 83.8 Å². The first-order valence-electron chi connectivity index (χ1n) is 9.83. The van der Waals surface area contributed by atoms with Gasteiger partial charge < -0.3 is 14.6 Å². The molecule has 0 bridgehead atoms. The second-order valence-corrected chi connectivity index (χ2v) is 7.97. The number of benzene rings is 3. The monoisotopic (exact) mass is 454 g/mol. The van der Waals surface area contributed by atoms with Crippen molar-refractivity contribution in [1.29, 1.82) is 0 Å². The fraction of sp³-hybridized carbons (Fsp3) is 0.160. The minimum Gasteiger partial charge on any atom is -0.493 e. The van der Waals surface area contributed by atoms with Gasteiger partial charge in [-0.2, -0.15) is 0 Å². The molecule has 160 valence electrons. The maximum Gasteiger partial charge on any atom is 0.341 e. The Balaban J connectivity index is 1.82. The van der Waals surface area contributed by atoms with Gasteiger partial charge in [0.25, 0.3) is 0 Å². The minimum atomic E-state index is -1.03. The summed E-state index contributed by atoms with van der Waals surface area (Å²) in [5, 5.41) is 9.26. The first-order chi connectivity index (χ1) is 15.1. The zero-order valence-electron chi connectivity index (χ0n) is 17.1. The molecule has 0 saturated carbocycles. The normalized spacial score (nSPS) is 11.2. The number of halogens is 1. The summed E-state index contributed by atoms with van der Waals surface area (Å²) in [6, 6.07) is 23.4. The standard InChI is InChI=1S/C25H23ClO4S/c1-2-29-23-11-7-6-10-21(23)20(18-8-4-3-5-9-18)14-15-31-24-13-12-19(16-22(24)26)30-17-25(27)28/h3-14,16H,2,15,17H2,1H3,(H,27,28)/b20-14-. The topological polar surface area (TPSA) is 55.8 Å². The summed E-state index contributed by atoms with van der Waals surface area (Å²) in [5.41, 5.74) is 3.24. The van der Waals surface area contributed by atoms with E-state index in [1.165, 1.54) is 0 Å². The van der Waals surface area contributed by atoms with Gasteiger partial charge in [0.2, 0.25) is 0 Å². The van der Waals surface area contributed by atoms with Gasteiger partial charge in [-0.1, -0.05) is 66.2 Å². The predicted molar refractivity (Wildman–Crippen MR) is 126 cm³/mol. The third-order valence-electron chi connectivity index (χ3n) is 4.35. The van der Waals surface area contributed by atoms with E-state index in [2.05, 4.69) is 24.3 Å². The van der Waals surface area contributed by atoms with Crippen LogP contribution in [0.2, 0.25) is 5.02 Å². The lowest BCUT2D eigenvalue weighted by molar-refractivity contribution is -0.139. The summed E-state index contributed by atoms with van der Waals surface area (Å²) in [5.74, 6) is 0.950. The molecule has 0 aliphatic rings. The van der Waals surface area contributed by atoms with Crippen LogP contribution in [-0.2, 0) is 4.79 Å². The molecular formula is C25H23ClO4S. The Morgan fingerprint density at radius 1 is 1.03 bits per heavy atom. The van der Waals surface area contributed by atoms with Crippen molar-refractivity contribution >= 4 is 34.9 Å². The first kappa shape index (κ1) is 22.8. The Morgan fingerprint density at radius 3 is 2.48 bits per heavy atom. The Kier molecular flexibility index (Phi) is 8.44. The molecule has 0 aromatic heterocycles. The van der Waals surface area contributed by atoms with Gasteiger partial charge >= 0.3 is 5.97 Å². The van der Waals surface area contributed by atoms with E-state index >= 15 is 0 Å². The maximum atomic E-state index is 10.7. The van der Waals surface area contributed by atoms with E-state index in [9.17, 15) is 4.79 Å². The quantitative estimate of drug-likeness (QED) is 0.358. The van der Waals surface area contributed by atoms with Crippen LogP contribution in [0.1, 0.15) is 18.1 Å². The third kappa shape index (κ3) is 6.54. The highest BCUT2D eigenvalue weighted by Crippen LogP contribution is 2.34. The molecule has 0 spiro atoms. The van der Waals surface area contributed by atoms with Gasteiger partial charge in [0.15, 0.2) is 6.61 Å². The molecule has 0 heterocycles. The molecule has 31 heavy (non-hydrogen) atoms. The summed E-state index contributed by atoms with van der Waals surface area (Å²) in [6.07, 6.45) is 2.17. The van der Waals surface area contributed by atoms with Crippen molar-refractivity contribution in [1.82, 2.24) is 0 Å². The fourth-order valence-corrected chi connectivity index (χ4v) is 4.14. The van der Waals surface area contributed by atoms with Crippen LogP contribution in [0.4, 0.5) is 0 Å². The Labute approximate surface area is 191 Å². The molecule has 0 radical (unpaired) electrons. The van der Waals surface area contributed by atoms with Crippen LogP contribution in [0, 0.1) is 0 Å². The molecular weight excluding hydrogens is 432 g/mol. The van der Waals surface area contributed by atoms with E-state index in [4.69, 9.17) is 26.2 Å². The number of carbonyl (C=O) groups is 1. The Bertz CT molecular complexity index is 1050. The average molecular weight is 455 g/mol. The van der Waals surface area contributed by atoms with Crippen LogP contribution >= 0.6 is 23.4 Å². The number of hydrogen-bond donors (Lipinski definition) is 1. The number of rotatable bonds is 10. The Hall–Kier alpha value is -2.89. The number of thioether (sulfide) groups is 1. The lowest BCUT2D eigenvalue weighted by atomic mass is 9.97. The molecule has 0 aliphatic carbocycles. The molecule has 0 fully saturated rings. The summed E-state index contributed by atoms with van der Waals surface area (Å²) >= 11 is 7.97. The van der Waals surface area contributed by atoms with Crippen molar-refractivity contribution in [2.45, 2.75) is 11.8 Å². The van der Waals surface area contributed by atoms with Crippen molar-refractivity contribution in [3.8, 4) is 11.5 Å². The number of hydrogen-bond acceptors (Lipinski definition) is 4. The molecule has 3 aromatic rings. The molecule has 0 unspecified atom stereocenters. The van der Waals surface area contributed by atoms with Gasteiger partial charge in [0.1, 0.15) is 11.5 Å². The lowest BCUT2D eigenvalue weighted by Gasteiger charge is -2.14. The lowest BCUT2D eigenvalue weighted by Crippen LogP contribution is -2.09. The fourth-order valence-electron chi connectivity index (χ4n) is 3.02. The average Bonchev–Trinajstić information content (AvgIpc) is 2.78. The van der Waals surface area contributed by atoms with Gasteiger partial charge in [0.05, 0.1) is 11.6 Å². The van der Waals surface area contributed by atoms with E-state index in [1.807, 2.05) is 49.4 Å². The molecule has 3 aromatic carbocycles. The number of carboxylic acids is 1. The highest BCUT2D eigenvalue weighted by molar-refractivity contribution is 7.99. The Morgan fingerprint density at radius 2 is 1.77 bits per heavy atom. The van der Waals surface area contributed by atoms with Gasteiger partial charge in [-0.15, -0.1) is 11.8 Å². The van der Waals surface area contributed by atoms with Gasteiger partial charge in [-0.25, -0.2) is 4.79 Å². The molecule has 3 rings (SSSR count). The highest BCUT2D eigenvalue weighted by Gasteiger charge is 2.11. The number of para-hydroxylation sites is 1. The SMILES string of the molecule is CCOc1ccccc1/C(=C\CSc1ccc(OCC(=O)O)cc1Cl)c1ccccc1. The van der Waals surface area contributed by atoms with Crippen LogP contribution in [0.3, 0.4) is 0 Å². The summed E-state index contributed by atoms with van der Waals surface area (Å²) < 4.78 is 11.0. The summed E-state index contributed by atoms with van der Waals surface area (Å²) in [4.78, 5) is 11.5. The van der Waals surface area contributed by atoms with Gasteiger partial charge in [0, 0.05) is 16.2 Å². The third-order valence-corrected chi connectivity index (χ3v) is 5.78. The van der Waals surface area contributed by atoms with Crippen molar-refractivity contribution < 1.29 is 19.4 Å². The highest BCUT2D eigenvalue weighted by atomic mass is 35.5. The predicted octanol–water partition coefficient (Wildman–Crippen LogP) is 6.43. The molecule has 0 aliphatic heterocycles. The van der Waals surface area contributed by atoms with E-state index in [1.54, 1.807) is 23.9 Å². The second-order valence-electron chi connectivity index (χ2n) is 6.50. The van der Waals surface area contributed by atoms with Crippen LogP contribution < -0.4 is 9.47 Å². The first-order valence-corrected chi connectivity index (χ1v) is 11.2. The van der Waals surface area contributed by atoms with E-state index in [0.29, 0.717) is 23.1 Å². The van der Waals surface area contributed by atoms with E-state index in [-0.39, 0.29) is 0 Å². The maximum absolute atomic E-state index is 10.7. The second kappa shape index (κ2) is 11.5. The zero-order valence-corrected chi connectivity index (χ0v) is 18.7. The van der Waals surface area contributed by atoms with Crippen LogP contribution in [-0.4, -0.2) is 30.0 Å².